The molecule has 1 aliphatic carbocycles. The molecule has 0 radical (unpaired) electrons. The molecule has 1 rings (SSSR count). The Morgan fingerprint density at radius 3 is 2.30 bits per heavy atom. The molecule has 1 fully saturated rings. The lowest BCUT2D eigenvalue weighted by atomic mass is 10.2. The van der Waals surface area contributed by atoms with Crippen LogP contribution in [0.15, 0.2) is 0 Å². The summed E-state index contributed by atoms with van der Waals surface area (Å²) in [6, 6.07) is 0.400. The van der Waals surface area contributed by atoms with Gasteiger partial charge in [0.25, 0.3) is 0 Å². The Hall–Kier alpha value is -0.350. The third-order valence-corrected chi connectivity index (χ3v) is 2.18. The maximum absolute atomic E-state index is 5.59. The van der Waals surface area contributed by atoms with Gasteiger partial charge in [-0.2, -0.15) is 0 Å². The SMILES string of the molecule is NC(=S)N(N)C1CCCC1. The van der Waals surface area contributed by atoms with E-state index in [9.17, 15) is 0 Å². The van der Waals surface area contributed by atoms with Gasteiger partial charge in [0.1, 0.15) is 0 Å². The lowest BCUT2D eigenvalue weighted by molar-refractivity contribution is 0.327. The van der Waals surface area contributed by atoms with Crippen molar-refractivity contribution in [3.05, 3.63) is 0 Å². The normalized spacial score (nSPS) is 19.3. The van der Waals surface area contributed by atoms with Gasteiger partial charge in [-0.05, 0) is 25.1 Å². The molecule has 10 heavy (non-hydrogen) atoms. The van der Waals surface area contributed by atoms with Crippen molar-refractivity contribution < 1.29 is 0 Å². The van der Waals surface area contributed by atoms with Crippen LogP contribution in [0.25, 0.3) is 0 Å². The molecule has 0 spiro atoms. The summed E-state index contributed by atoms with van der Waals surface area (Å²) in [7, 11) is 0. The fraction of sp³-hybridized carbons (Fsp3) is 0.833. The number of hydrogen-bond donors (Lipinski definition) is 2. The van der Waals surface area contributed by atoms with Crippen molar-refractivity contribution in [1.29, 1.82) is 0 Å². The third-order valence-electron chi connectivity index (χ3n) is 1.97. The number of thiocarbonyl (C=S) groups is 1. The van der Waals surface area contributed by atoms with Crippen LogP contribution in [0.4, 0.5) is 0 Å². The van der Waals surface area contributed by atoms with E-state index in [1.807, 2.05) is 0 Å². The predicted octanol–water partition coefficient (Wildman–Crippen LogP) is 0.348. The number of hydrazine groups is 1. The summed E-state index contributed by atoms with van der Waals surface area (Å²) >= 11 is 4.73. The van der Waals surface area contributed by atoms with Crippen molar-refractivity contribution in [1.82, 2.24) is 5.01 Å². The molecule has 0 aromatic rings. The van der Waals surface area contributed by atoms with Gasteiger partial charge in [-0.25, -0.2) is 5.84 Å². The molecular formula is C6H13N3S. The number of hydrogen-bond acceptors (Lipinski definition) is 2. The van der Waals surface area contributed by atoms with E-state index < -0.39 is 0 Å². The van der Waals surface area contributed by atoms with Crippen LogP contribution in [-0.2, 0) is 0 Å². The molecule has 0 aliphatic heterocycles. The molecule has 0 aromatic carbocycles. The molecule has 4 heteroatoms. The summed E-state index contributed by atoms with van der Waals surface area (Å²) in [4.78, 5) is 0. The number of rotatable bonds is 1. The Bertz CT molecular complexity index is 131. The highest BCUT2D eigenvalue weighted by Gasteiger charge is 2.20. The summed E-state index contributed by atoms with van der Waals surface area (Å²) in [5, 5.41) is 1.83. The van der Waals surface area contributed by atoms with Crippen LogP contribution >= 0.6 is 12.2 Å². The predicted molar refractivity (Wildman–Crippen MR) is 45.1 cm³/mol. The van der Waals surface area contributed by atoms with Crippen molar-refractivity contribution in [2.45, 2.75) is 31.7 Å². The van der Waals surface area contributed by atoms with E-state index in [0.717, 1.165) is 12.8 Å². The molecule has 1 aliphatic rings. The first-order valence-electron chi connectivity index (χ1n) is 3.55. The van der Waals surface area contributed by atoms with E-state index in [0.29, 0.717) is 11.2 Å². The van der Waals surface area contributed by atoms with E-state index in [4.69, 9.17) is 23.8 Å². The fourth-order valence-corrected chi connectivity index (χ4v) is 1.51. The van der Waals surface area contributed by atoms with Crippen LogP contribution in [0.5, 0.6) is 0 Å². The third kappa shape index (κ3) is 1.58. The zero-order valence-electron chi connectivity index (χ0n) is 5.92. The van der Waals surface area contributed by atoms with Crippen molar-refractivity contribution in [3.8, 4) is 0 Å². The molecular weight excluding hydrogens is 146 g/mol. The van der Waals surface area contributed by atoms with Gasteiger partial charge in [0.15, 0.2) is 5.11 Å². The summed E-state index contributed by atoms with van der Waals surface area (Å²) in [5.41, 5.74) is 5.35. The van der Waals surface area contributed by atoms with Gasteiger partial charge < -0.3 is 5.73 Å². The van der Waals surface area contributed by atoms with Crippen molar-refractivity contribution in [2.75, 3.05) is 0 Å². The van der Waals surface area contributed by atoms with Crippen molar-refractivity contribution in [2.24, 2.45) is 11.6 Å². The molecule has 0 amide bonds. The van der Waals surface area contributed by atoms with Gasteiger partial charge >= 0.3 is 0 Å². The molecule has 0 atom stereocenters. The highest BCUT2D eigenvalue weighted by molar-refractivity contribution is 7.80. The van der Waals surface area contributed by atoms with E-state index in [2.05, 4.69) is 0 Å². The fourth-order valence-electron chi connectivity index (χ4n) is 1.36. The van der Waals surface area contributed by atoms with Gasteiger partial charge in [-0.15, -0.1) is 0 Å². The van der Waals surface area contributed by atoms with Crippen LogP contribution in [0.3, 0.4) is 0 Å². The monoisotopic (exact) mass is 159 g/mol. The minimum absolute atomic E-state index is 0.312. The molecule has 0 aromatic heterocycles. The van der Waals surface area contributed by atoms with Gasteiger partial charge in [0.05, 0.1) is 0 Å². The zero-order chi connectivity index (χ0) is 7.56. The summed E-state index contributed by atoms with van der Waals surface area (Å²) in [6.45, 7) is 0. The molecule has 0 heterocycles. The molecule has 3 nitrogen and oxygen atoms in total. The Labute approximate surface area is 66.3 Å². The van der Waals surface area contributed by atoms with E-state index in [1.165, 1.54) is 17.9 Å². The molecule has 4 N–H and O–H groups in total. The summed E-state index contributed by atoms with van der Waals surface area (Å²) in [6.07, 6.45) is 4.77. The highest BCUT2D eigenvalue weighted by atomic mass is 32.1. The number of nitrogens with two attached hydrogens (primary N) is 2. The van der Waals surface area contributed by atoms with Crippen LogP contribution in [0.2, 0.25) is 0 Å². The van der Waals surface area contributed by atoms with Crippen LogP contribution in [0.1, 0.15) is 25.7 Å². The number of nitrogens with zero attached hydrogens (tertiary/aromatic N) is 1. The lowest BCUT2D eigenvalue weighted by Crippen LogP contribution is -2.47. The zero-order valence-corrected chi connectivity index (χ0v) is 6.73. The van der Waals surface area contributed by atoms with Crippen molar-refractivity contribution in [3.63, 3.8) is 0 Å². The minimum atomic E-state index is 0.312. The Kier molecular flexibility index (Phi) is 2.45. The van der Waals surface area contributed by atoms with E-state index in [1.54, 1.807) is 0 Å². The second-order valence-corrected chi connectivity index (χ2v) is 3.10. The van der Waals surface area contributed by atoms with Crippen LogP contribution < -0.4 is 11.6 Å². The average molecular weight is 159 g/mol. The quantitative estimate of drug-likeness (QED) is 0.329. The first-order chi connectivity index (χ1) is 4.72. The second-order valence-electron chi connectivity index (χ2n) is 2.68. The average Bonchev–Trinajstić information content (AvgIpc) is 2.36. The molecule has 0 saturated heterocycles. The molecule has 1 saturated carbocycles. The summed E-state index contributed by atoms with van der Waals surface area (Å²) < 4.78 is 0. The topological polar surface area (TPSA) is 55.3 Å². The first-order valence-corrected chi connectivity index (χ1v) is 3.96. The summed E-state index contributed by atoms with van der Waals surface area (Å²) in [5.74, 6) is 5.59. The second kappa shape index (κ2) is 3.16. The largest absolute Gasteiger partial charge is 0.375 e. The first kappa shape index (κ1) is 7.75. The van der Waals surface area contributed by atoms with E-state index in [-0.39, 0.29) is 0 Å². The minimum Gasteiger partial charge on any atom is -0.375 e. The Balaban J connectivity index is 2.39. The van der Waals surface area contributed by atoms with Crippen LogP contribution in [0, 0.1) is 0 Å². The van der Waals surface area contributed by atoms with Gasteiger partial charge in [0.2, 0.25) is 0 Å². The van der Waals surface area contributed by atoms with Gasteiger partial charge in [0, 0.05) is 6.04 Å². The highest BCUT2D eigenvalue weighted by Crippen LogP contribution is 2.20. The van der Waals surface area contributed by atoms with Gasteiger partial charge in [-0.3, -0.25) is 5.01 Å². The lowest BCUT2D eigenvalue weighted by Gasteiger charge is -2.23. The Morgan fingerprint density at radius 2 is 1.90 bits per heavy atom. The molecule has 0 unspecified atom stereocenters. The van der Waals surface area contributed by atoms with Gasteiger partial charge in [-0.1, -0.05) is 12.8 Å². The molecule has 58 valence electrons. The van der Waals surface area contributed by atoms with Crippen molar-refractivity contribution >= 4 is 17.3 Å². The smallest absolute Gasteiger partial charge is 0.180 e. The van der Waals surface area contributed by atoms with E-state index >= 15 is 0 Å². The Morgan fingerprint density at radius 1 is 1.40 bits per heavy atom. The standard InChI is InChI=1S/C6H13N3S/c7-6(10)9(8)5-3-1-2-4-5/h5H,1-4,8H2,(H2,7,10). The van der Waals surface area contributed by atoms with Crippen LogP contribution in [-0.4, -0.2) is 16.2 Å². The molecule has 0 bridgehead atoms. The maximum atomic E-state index is 5.59. The maximum Gasteiger partial charge on any atom is 0.180 e.